The summed E-state index contributed by atoms with van der Waals surface area (Å²) < 4.78 is 6.26. The third-order valence-corrected chi connectivity index (χ3v) is 4.67. The van der Waals surface area contributed by atoms with E-state index in [0.29, 0.717) is 0 Å². The molecule has 2 aromatic carbocycles. The molecular weight excluding hydrogens is 360 g/mol. The number of aryl methyl sites for hydroxylation is 1. The van der Waals surface area contributed by atoms with Crippen LogP contribution in [0, 0.1) is 6.92 Å². The average molecular weight is 375 g/mol. The van der Waals surface area contributed by atoms with Crippen molar-refractivity contribution in [2.24, 2.45) is 0 Å². The predicted molar refractivity (Wildman–Crippen MR) is 96.3 cm³/mol. The van der Waals surface area contributed by atoms with Crippen molar-refractivity contribution in [2.75, 3.05) is 12.4 Å². The van der Waals surface area contributed by atoms with Gasteiger partial charge in [-0.3, -0.25) is 0 Å². The van der Waals surface area contributed by atoms with E-state index in [1.54, 1.807) is 18.4 Å². The molecule has 0 bridgehead atoms. The van der Waals surface area contributed by atoms with E-state index in [1.165, 1.54) is 4.88 Å². The number of nitrogens with zero attached hydrogens (tertiary/aromatic N) is 1. The Labute approximate surface area is 142 Å². The lowest BCUT2D eigenvalue weighted by Crippen LogP contribution is -1.89. The van der Waals surface area contributed by atoms with Gasteiger partial charge in [0.1, 0.15) is 5.75 Å². The van der Waals surface area contributed by atoms with E-state index in [-0.39, 0.29) is 0 Å². The molecule has 5 heteroatoms. The van der Waals surface area contributed by atoms with Gasteiger partial charge in [-0.15, -0.1) is 11.3 Å². The van der Waals surface area contributed by atoms with E-state index in [4.69, 9.17) is 9.72 Å². The van der Waals surface area contributed by atoms with E-state index < -0.39 is 0 Å². The van der Waals surface area contributed by atoms with Crippen molar-refractivity contribution < 1.29 is 4.74 Å². The number of hydrogen-bond donors (Lipinski definition) is 1. The van der Waals surface area contributed by atoms with E-state index in [1.807, 2.05) is 48.5 Å². The summed E-state index contributed by atoms with van der Waals surface area (Å²) in [5.74, 6) is 0.852. The van der Waals surface area contributed by atoms with Crippen LogP contribution in [0.4, 0.5) is 10.8 Å². The number of halogens is 1. The molecule has 1 aromatic heterocycles. The Morgan fingerprint density at radius 2 is 1.73 bits per heavy atom. The Morgan fingerprint density at radius 3 is 2.36 bits per heavy atom. The first-order valence-electron chi connectivity index (χ1n) is 6.80. The summed E-state index contributed by atoms with van der Waals surface area (Å²) in [6.07, 6.45) is 0. The Bertz CT molecular complexity index is 766. The second kappa shape index (κ2) is 6.50. The standard InChI is InChI=1S/C17H15BrN2OS/c1-11-16(12-3-9-15(21-2)10-4-12)20-17(22-11)19-14-7-5-13(18)6-8-14/h3-10H,1-2H3,(H,19,20). The Kier molecular flexibility index (Phi) is 4.45. The topological polar surface area (TPSA) is 34.1 Å². The summed E-state index contributed by atoms with van der Waals surface area (Å²) >= 11 is 5.09. The number of methoxy groups -OCH3 is 1. The highest BCUT2D eigenvalue weighted by Crippen LogP contribution is 2.32. The molecule has 3 rings (SSSR count). The maximum Gasteiger partial charge on any atom is 0.187 e. The van der Waals surface area contributed by atoms with Crippen molar-refractivity contribution in [3.8, 4) is 17.0 Å². The number of anilines is 2. The Hall–Kier alpha value is -1.85. The van der Waals surface area contributed by atoms with Gasteiger partial charge in [0.25, 0.3) is 0 Å². The number of rotatable bonds is 4. The molecule has 112 valence electrons. The molecule has 0 spiro atoms. The molecule has 0 fully saturated rings. The molecule has 0 atom stereocenters. The van der Waals surface area contributed by atoms with E-state index in [0.717, 1.165) is 32.3 Å². The summed E-state index contributed by atoms with van der Waals surface area (Å²) in [6, 6.07) is 16.0. The van der Waals surface area contributed by atoms with Crippen LogP contribution in [0.25, 0.3) is 11.3 Å². The molecule has 0 aliphatic heterocycles. The first-order valence-corrected chi connectivity index (χ1v) is 8.41. The molecule has 0 aliphatic carbocycles. The van der Waals surface area contributed by atoms with Crippen LogP contribution in [0.3, 0.4) is 0 Å². The number of hydrogen-bond acceptors (Lipinski definition) is 4. The molecule has 3 nitrogen and oxygen atoms in total. The van der Waals surface area contributed by atoms with Gasteiger partial charge in [-0.05, 0) is 55.5 Å². The third-order valence-electron chi connectivity index (χ3n) is 3.26. The van der Waals surface area contributed by atoms with Crippen molar-refractivity contribution in [3.63, 3.8) is 0 Å². The fraction of sp³-hybridized carbons (Fsp3) is 0.118. The van der Waals surface area contributed by atoms with Crippen molar-refractivity contribution in [2.45, 2.75) is 6.92 Å². The smallest absolute Gasteiger partial charge is 0.187 e. The average Bonchev–Trinajstić information content (AvgIpc) is 2.90. The number of nitrogens with one attached hydrogen (secondary N) is 1. The summed E-state index contributed by atoms with van der Waals surface area (Å²) in [6.45, 7) is 2.09. The molecule has 3 aromatic rings. The highest BCUT2D eigenvalue weighted by atomic mass is 79.9. The lowest BCUT2D eigenvalue weighted by Gasteiger charge is -2.03. The largest absolute Gasteiger partial charge is 0.497 e. The Balaban J connectivity index is 1.85. The van der Waals surface area contributed by atoms with Crippen LogP contribution in [-0.2, 0) is 0 Å². The van der Waals surface area contributed by atoms with Crippen LogP contribution in [0.15, 0.2) is 53.0 Å². The maximum absolute atomic E-state index is 5.20. The molecule has 1 heterocycles. The SMILES string of the molecule is COc1ccc(-c2nc(Nc3ccc(Br)cc3)sc2C)cc1. The van der Waals surface area contributed by atoms with E-state index in [9.17, 15) is 0 Å². The zero-order valence-electron chi connectivity index (χ0n) is 12.3. The predicted octanol–water partition coefficient (Wildman–Crippen LogP) is 5.63. The zero-order chi connectivity index (χ0) is 15.5. The van der Waals surface area contributed by atoms with Gasteiger partial charge in [-0.2, -0.15) is 0 Å². The molecule has 22 heavy (non-hydrogen) atoms. The van der Waals surface area contributed by atoms with Crippen molar-refractivity contribution in [1.29, 1.82) is 0 Å². The molecule has 0 saturated carbocycles. The fourth-order valence-corrected chi connectivity index (χ4v) is 3.24. The van der Waals surface area contributed by atoms with Gasteiger partial charge in [-0.1, -0.05) is 15.9 Å². The van der Waals surface area contributed by atoms with Crippen LogP contribution in [-0.4, -0.2) is 12.1 Å². The maximum atomic E-state index is 5.20. The van der Waals surface area contributed by atoms with Crippen LogP contribution in [0.1, 0.15) is 4.88 Å². The minimum Gasteiger partial charge on any atom is -0.497 e. The second-order valence-electron chi connectivity index (χ2n) is 4.78. The van der Waals surface area contributed by atoms with E-state index >= 15 is 0 Å². The lowest BCUT2D eigenvalue weighted by molar-refractivity contribution is 0.415. The monoisotopic (exact) mass is 374 g/mol. The van der Waals surface area contributed by atoms with Crippen molar-refractivity contribution in [1.82, 2.24) is 4.98 Å². The lowest BCUT2D eigenvalue weighted by atomic mass is 10.1. The van der Waals surface area contributed by atoms with Gasteiger partial charge in [0.2, 0.25) is 0 Å². The highest BCUT2D eigenvalue weighted by Gasteiger charge is 2.10. The van der Waals surface area contributed by atoms with Crippen molar-refractivity contribution in [3.05, 3.63) is 57.9 Å². The van der Waals surface area contributed by atoms with Crippen LogP contribution in [0.2, 0.25) is 0 Å². The third kappa shape index (κ3) is 3.31. The minimum absolute atomic E-state index is 0.852. The fourth-order valence-electron chi connectivity index (χ4n) is 2.12. The second-order valence-corrected chi connectivity index (χ2v) is 6.90. The summed E-state index contributed by atoms with van der Waals surface area (Å²) in [4.78, 5) is 5.89. The first kappa shape index (κ1) is 15.1. The molecule has 0 amide bonds. The van der Waals surface area contributed by atoms with Gasteiger partial charge >= 0.3 is 0 Å². The van der Waals surface area contributed by atoms with Gasteiger partial charge in [-0.25, -0.2) is 4.98 Å². The minimum atomic E-state index is 0.852. The van der Waals surface area contributed by atoms with Crippen molar-refractivity contribution >= 4 is 38.1 Å². The first-order chi connectivity index (χ1) is 10.7. The van der Waals surface area contributed by atoms with Crippen LogP contribution < -0.4 is 10.1 Å². The number of aromatic nitrogens is 1. The molecule has 0 saturated heterocycles. The quantitative estimate of drug-likeness (QED) is 0.641. The number of thiazole rings is 1. The summed E-state index contributed by atoms with van der Waals surface area (Å²) in [5.41, 5.74) is 3.13. The number of ether oxygens (including phenoxy) is 1. The molecule has 1 N–H and O–H groups in total. The molecular formula is C17H15BrN2OS. The summed E-state index contributed by atoms with van der Waals surface area (Å²) in [7, 11) is 1.67. The van der Waals surface area contributed by atoms with Gasteiger partial charge in [0, 0.05) is 20.6 Å². The van der Waals surface area contributed by atoms with Gasteiger partial charge in [0.05, 0.1) is 12.8 Å². The highest BCUT2D eigenvalue weighted by molar-refractivity contribution is 9.10. The summed E-state index contributed by atoms with van der Waals surface area (Å²) in [5, 5.41) is 4.24. The number of benzene rings is 2. The molecule has 0 radical (unpaired) electrons. The molecule has 0 aliphatic rings. The normalized spacial score (nSPS) is 10.5. The van der Waals surface area contributed by atoms with Crippen LogP contribution >= 0.6 is 27.3 Å². The Morgan fingerprint density at radius 1 is 1.05 bits per heavy atom. The van der Waals surface area contributed by atoms with E-state index in [2.05, 4.69) is 28.2 Å². The van der Waals surface area contributed by atoms with Crippen LogP contribution in [0.5, 0.6) is 5.75 Å². The van der Waals surface area contributed by atoms with Gasteiger partial charge in [0.15, 0.2) is 5.13 Å². The van der Waals surface area contributed by atoms with Gasteiger partial charge < -0.3 is 10.1 Å². The zero-order valence-corrected chi connectivity index (χ0v) is 14.7. The molecule has 0 unspecified atom stereocenters.